The van der Waals surface area contributed by atoms with E-state index in [-0.39, 0.29) is 12.0 Å². The first kappa shape index (κ1) is 10.1. The van der Waals surface area contributed by atoms with Crippen LogP contribution >= 0.6 is 0 Å². The van der Waals surface area contributed by atoms with Gasteiger partial charge in [0, 0.05) is 12.0 Å². The summed E-state index contributed by atoms with van der Waals surface area (Å²) in [6.45, 7) is 4.19. The average Bonchev–Trinajstić information content (AvgIpc) is 2.18. The van der Waals surface area contributed by atoms with Crippen LogP contribution in [0.2, 0.25) is 0 Å². The third-order valence-electron chi connectivity index (χ3n) is 2.23. The van der Waals surface area contributed by atoms with Gasteiger partial charge in [-0.3, -0.25) is 0 Å². The van der Waals surface area contributed by atoms with Crippen molar-refractivity contribution in [3.8, 4) is 0 Å². The zero-order chi connectivity index (χ0) is 9.68. The maximum Gasteiger partial charge on any atom is 0.138 e. The second-order valence-electron chi connectivity index (χ2n) is 3.28. The monoisotopic (exact) mass is 180 g/mol. The second-order valence-corrected chi connectivity index (χ2v) is 3.28. The van der Waals surface area contributed by atoms with Crippen LogP contribution in [0.25, 0.3) is 0 Å². The highest BCUT2D eigenvalue weighted by atomic mass is 15.1. The van der Waals surface area contributed by atoms with Crippen molar-refractivity contribution in [2.45, 2.75) is 38.6 Å². The predicted octanol–water partition coefficient (Wildman–Crippen LogP) is 1.10. The van der Waals surface area contributed by atoms with Gasteiger partial charge in [-0.2, -0.15) is 5.10 Å². The lowest BCUT2D eigenvalue weighted by Crippen LogP contribution is -2.27. The van der Waals surface area contributed by atoms with Crippen molar-refractivity contribution in [3.63, 3.8) is 0 Å². The van der Waals surface area contributed by atoms with Crippen molar-refractivity contribution in [1.82, 2.24) is 15.2 Å². The summed E-state index contributed by atoms with van der Waals surface area (Å²) < 4.78 is 0. The summed E-state index contributed by atoms with van der Waals surface area (Å²) in [4.78, 5) is 3.92. The molecule has 0 amide bonds. The van der Waals surface area contributed by atoms with Crippen molar-refractivity contribution in [2.24, 2.45) is 5.73 Å². The van der Waals surface area contributed by atoms with Crippen LogP contribution < -0.4 is 5.73 Å². The number of hydrogen-bond acceptors (Lipinski definition) is 4. The van der Waals surface area contributed by atoms with Gasteiger partial charge in [0.1, 0.15) is 6.33 Å². The largest absolute Gasteiger partial charge is 0.327 e. The number of rotatable bonds is 4. The van der Waals surface area contributed by atoms with E-state index in [4.69, 9.17) is 5.73 Å². The van der Waals surface area contributed by atoms with E-state index in [9.17, 15) is 0 Å². The van der Waals surface area contributed by atoms with Crippen LogP contribution in [0.4, 0.5) is 0 Å². The van der Waals surface area contributed by atoms with Crippen molar-refractivity contribution in [3.05, 3.63) is 18.2 Å². The standard InChI is InChI=1S/C9H16N4/c1-3-4-8(10)7(2)9-5-11-6-12-13-9/h5-8H,3-4,10H2,1-2H3. The second kappa shape index (κ2) is 4.87. The van der Waals surface area contributed by atoms with Gasteiger partial charge in [-0.1, -0.05) is 20.3 Å². The van der Waals surface area contributed by atoms with Gasteiger partial charge in [-0.15, -0.1) is 5.10 Å². The summed E-state index contributed by atoms with van der Waals surface area (Å²) in [6.07, 6.45) is 5.27. The lowest BCUT2D eigenvalue weighted by atomic mass is 9.96. The smallest absolute Gasteiger partial charge is 0.138 e. The summed E-state index contributed by atoms with van der Waals surface area (Å²) in [5.74, 6) is 0.237. The predicted molar refractivity (Wildman–Crippen MR) is 51.1 cm³/mol. The molecule has 0 aliphatic heterocycles. The van der Waals surface area contributed by atoms with Crippen molar-refractivity contribution in [2.75, 3.05) is 0 Å². The quantitative estimate of drug-likeness (QED) is 0.753. The molecule has 0 aliphatic carbocycles. The summed E-state index contributed by atoms with van der Waals surface area (Å²) in [5, 5.41) is 7.72. The van der Waals surface area contributed by atoms with Gasteiger partial charge in [0.25, 0.3) is 0 Å². The first-order valence-corrected chi connectivity index (χ1v) is 4.63. The molecule has 2 N–H and O–H groups in total. The van der Waals surface area contributed by atoms with Crippen LogP contribution in [0.5, 0.6) is 0 Å². The normalized spacial score (nSPS) is 15.3. The fraction of sp³-hybridized carbons (Fsp3) is 0.667. The molecule has 0 bridgehead atoms. The first-order chi connectivity index (χ1) is 6.25. The van der Waals surface area contributed by atoms with E-state index in [1.54, 1.807) is 6.20 Å². The molecule has 2 atom stereocenters. The lowest BCUT2D eigenvalue weighted by molar-refractivity contribution is 0.507. The number of hydrogen-bond donors (Lipinski definition) is 1. The Balaban J connectivity index is 2.62. The Bertz CT molecular complexity index is 237. The molecule has 1 heterocycles. The van der Waals surface area contributed by atoms with E-state index in [0.717, 1.165) is 18.5 Å². The molecular weight excluding hydrogens is 164 g/mol. The third-order valence-corrected chi connectivity index (χ3v) is 2.23. The highest BCUT2D eigenvalue weighted by Gasteiger charge is 2.15. The van der Waals surface area contributed by atoms with Gasteiger partial charge >= 0.3 is 0 Å². The molecular formula is C9H16N4. The van der Waals surface area contributed by atoms with Gasteiger partial charge < -0.3 is 5.73 Å². The minimum atomic E-state index is 0.156. The minimum absolute atomic E-state index is 0.156. The van der Waals surface area contributed by atoms with Crippen LogP contribution in [0.15, 0.2) is 12.5 Å². The average molecular weight is 180 g/mol. The molecule has 1 aromatic heterocycles. The molecule has 0 spiro atoms. The fourth-order valence-corrected chi connectivity index (χ4v) is 1.27. The van der Waals surface area contributed by atoms with Gasteiger partial charge in [-0.05, 0) is 6.42 Å². The van der Waals surface area contributed by atoms with Gasteiger partial charge in [-0.25, -0.2) is 4.98 Å². The molecule has 0 saturated heterocycles. The third kappa shape index (κ3) is 2.73. The Morgan fingerprint density at radius 1 is 1.54 bits per heavy atom. The summed E-state index contributed by atoms with van der Waals surface area (Å²) in [5.41, 5.74) is 6.84. The molecule has 0 aromatic carbocycles. The van der Waals surface area contributed by atoms with Crippen LogP contribution in [0.3, 0.4) is 0 Å². The van der Waals surface area contributed by atoms with Crippen LogP contribution in [-0.2, 0) is 0 Å². The maximum absolute atomic E-state index is 5.96. The van der Waals surface area contributed by atoms with E-state index in [0.29, 0.717) is 0 Å². The number of nitrogens with zero attached hydrogens (tertiary/aromatic N) is 3. The Labute approximate surface area is 78.6 Å². The van der Waals surface area contributed by atoms with Gasteiger partial charge in [0.05, 0.1) is 11.9 Å². The van der Waals surface area contributed by atoms with Gasteiger partial charge in [0.15, 0.2) is 0 Å². The molecule has 2 unspecified atom stereocenters. The first-order valence-electron chi connectivity index (χ1n) is 4.63. The molecule has 13 heavy (non-hydrogen) atoms. The summed E-state index contributed by atoms with van der Waals surface area (Å²) in [7, 11) is 0. The molecule has 0 fully saturated rings. The van der Waals surface area contributed by atoms with E-state index < -0.39 is 0 Å². The van der Waals surface area contributed by atoms with E-state index >= 15 is 0 Å². The lowest BCUT2D eigenvalue weighted by Gasteiger charge is -2.17. The molecule has 1 aromatic rings. The van der Waals surface area contributed by atoms with Crippen LogP contribution in [0.1, 0.15) is 38.3 Å². The zero-order valence-corrected chi connectivity index (χ0v) is 8.14. The number of nitrogens with two attached hydrogens (primary N) is 1. The Kier molecular flexibility index (Phi) is 3.76. The SMILES string of the molecule is CCCC(N)C(C)c1cncnn1. The van der Waals surface area contributed by atoms with E-state index in [2.05, 4.69) is 29.0 Å². The molecule has 4 heteroatoms. The Morgan fingerprint density at radius 3 is 2.85 bits per heavy atom. The minimum Gasteiger partial charge on any atom is -0.327 e. The van der Waals surface area contributed by atoms with Crippen molar-refractivity contribution in [1.29, 1.82) is 0 Å². The highest BCUT2D eigenvalue weighted by molar-refractivity contribution is 5.02. The Morgan fingerprint density at radius 2 is 2.31 bits per heavy atom. The van der Waals surface area contributed by atoms with Crippen LogP contribution in [-0.4, -0.2) is 21.2 Å². The molecule has 0 radical (unpaired) electrons. The van der Waals surface area contributed by atoms with E-state index in [1.807, 2.05) is 0 Å². The zero-order valence-electron chi connectivity index (χ0n) is 8.14. The Hall–Kier alpha value is -1.03. The van der Waals surface area contributed by atoms with Crippen LogP contribution in [0, 0.1) is 0 Å². The molecule has 72 valence electrons. The number of aromatic nitrogens is 3. The van der Waals surface area contributed by atoms with Gasteiger partial charge in [0.2, 0.25) is 0 Å². The molecule has 4 nitrogen and oxygen atoms in total. The maximum atomic E-state index is 5.96. The summed E-state index contributed by atoms with van der Waals surface area (Å²) >= 11 is 0. The topological polar surface area (TPSA) is 64.7 Å². The highest BCUT2D eigenvalue weighted by Crippen LogP contribution is 2.16. The molecule has 0 aliphatic rings. The van der Waals surface area contributed by atoms with Crippen molar-refractivity contribution < 1.29 is 0 Å². The molecule has 1 rings (SSSR count). The summed E-state index contributed by atoms with van der Waals surface area (Å²) in [6, 6.07) is 0.156. The molecule has 0 saturated carbocycles. The fourth-order valence-electron chi connectivity index (χ4n) is 1.27. The van der Waals surface area contributed by atoms with E-state index in [1.165, 1.54) is 6.33 Å². The van der Waals surface area contributed by atoms with Crippen molar-refractivity contribution >= 4 is 0 Å².